The van der Waals surface area contributed by atoms with Gasteiger partial charge in [-0.1, -0.05) is 30.3 Å². The predicted octanol–water partition coefficient (Wildman–Crippen LogP) is 1.71. The van der Waals surface area contributed by atoms with E-state index in [-0.39, 0.29) is 11.8 Å². The molecule has 1 heterocycles. The Morgan fingerprint density at radius 1 is 1.35 bits per heavy atom. The van der Waals surface area contributed by atoms with E-state index >= 15 is 0 Å². The van der Waals surface area contributed by atoms with Crippen LogP contribution in [0.4, 0.5) is 0 Å². The summed E-state index contributed by atoms with van der Waals surface area (Å²) in [5, 5.41) is 0. The molecule has 2 rings (SSSR count). The number of benzene rings is 1. The Hall–Kier alpha value is -1.59. The maximum atomic E-state index is 12.1. The van der Waals surface area contributed by atoms with E-state index in [1.165, 1.54) is 12.0 Å². The maximum absolute atomic E-state index is 12.1. The van der Waals surface area contributed by atoms with E-state index in [1.807, 2.05) is 30.3 Å². The minimum absolute atomic E-state index is 0.215. The van der Waals surface area contributed by atoms with Gasteiger partial charge in [-0.05, 0) is 6.92 Å². The number of methoxy groups -OCH3 is 1. The van der Waals surface area contributed by atoms with Crippen molar-refractivity contribution in [3.63, 3.8) is 0 Å². The van der Waals surface area contributed by atoms with Crippen LogP contribution in [0.1, 0.15) is 18.7 Å². The molecule has 1 aromatic rings. The van der Waals surface area contributed by atoms with E-state index in [0.717, 1.165) is 5.56 Å². The standard InChI is InChI=1S/C14H16ClNO4/c1-9-12(14(18)19-2)16(11(17)8-15)13(20-9)10-6-4-3-5-7-10/h3-7,9,12-13H,8H2,1-2H3/t9-,12+,13+/m1/s1. The molecule has 1 saturated heterocycles. The molecule has 0 N–H and O–H groups in total. The Kier molecular flexibility index (Phi) is 4.62. The first-order chi connectivity index (χ1) is 9.60. The zero-order valence-corrected chi connectivity index (χ0v) is 12.0. The van der Waals surface area contributed by atoms with E-state index in [9.17, 15) is 9.59 Å². The number of nitrogens with zero attached hydrogens (tertiary/aromatic N) is 1. The molecule has 6 heteroatoms. The number of carbonyl (C=O) groups excluding carboxylic acids is 2. The van der Waals surface area contributed by atoms with Crippen LogP contribution < -0.4 is 0 Å². The highest BCUT2D eigenvalue weighted by atomic mass is 35.5. The van der Waals surface area contributed by atoms with Crippen LogP contribution in [-0.2, 0) is 19.1 Å². The lowest BCUT2D eigenvalue weighted by Gasteiger charge is -2.26. The van der Waals surface area contributed by atoms with Crippen LogP contribution in [0.5, 0.6) is 0 Å². The largest absolute Gasteiger partial charge is 0.467 e. The van der Waals surface area contributed by atoms with Crippen molar-refractivity contribution in [2.75, 3.05) is 13.0 Å². The molecule has 0 bridgehead atoms. The lowest BCUT2D eigenvalue weighted by molar-refractivity contribution is -0.152. The molecule has 0 unspecified atom stereocenters. The fourth-order valence-electron chi connectivity index (χ4n) is 2.35. The van der Waals surface area contributed by atoms with Crippen molar-refractivity contribution in [2.24, 2.45) is 0 Å². The Balaban J connectivity index is 2.37. The number of rotatable bonds is 3. The van der Waals surface area contributed by atoms with Gasteiger partial charge in [-0.2, -0.15) is 0 Å². The van der Waals surface area contributed by atoms with Crippen LogP contribution in [-0.4, -0.2) is 41.9 Å². The zero-order chi connectivity index (χ0) is 14.7. The third-order valence-electron chi connectivity index (χ3n) is 3.27. The highest BCUT2D eigenvalue weighted by Crippen LogP contribution is 2.35. The average Bonchev–Trinajstić information content (AvgIpc) is 2.84. The molecule has 0 saturated carbocycles. The molecule has 1 aromatic carbocycles. The van der Waals surface area contributed by atoms with Crippen LogP contribution in [0.2, 0.25) is 0 Å². The fourth-order valence-corrected chi connectivity index (χ4v) is 2.49. The molecule has 3 atom stereocenters. The van der Waals surface area contributed by atoms with Crippen molar-refractivity contribution in [1.82, 2.24) is 4.90 Å². The highest BCUT2D eigenvalue weighted by molar-refractivity contribution is 6.27. The first-order valence-electron chi connectivity index (χ1n) is 6.25. The number of hydrogen-bond acceptors (Lipinski definition) is 4. The van der Waals surface area contributed by atoms with Crippen LogP contribution >= 0.6 is 11.6 Å². The monoisotopic (exact) mass is 297 g/mol. The number of esters is 1. The fraction of sp³-hybridized carbons (Fsp3) is 0.429. The van der Waals surface area contributed by atoms with Gasteiger partial charge in [0.05, 0.1) is 13.2 Å². The summed E-state index contributed by atoms with van der Waals surface area (Å²) in [5.74, 6) is -1.08. The van der Waals surface area contributed by atoms with E-state index in [2.05, 4.69) is 0 Å². The molecule has 108 valence electrons. The first kappa shape index (κ1) is 14.8. The molecule has 1 aliphatic rings. The summed E-state index contributed by atoms with van der Waals surface area (Å²) in [6, 6.07) is 8.46. The maximum Gasteiger partial charge on any atom is 0.331 e. The van der Waals surface area contributed by atoms with Crippen LogP contribution in [0.15, 0.2) is 30.3 Å². The molecule has 1 aliphatic heterocycles. The number of ether oxygens (including phenoxy) is 2. The quantitative estimate of drug-likeness (QED) is 0.629. The van der Waals surface area contributed by atoms with Gasteiger partial charge in [-0.15, -0.1) is 11.6 Å². The first-order valence-corrected chi connectivity index (χ1v) is 6.79. The van der Waals surface area contributed by atoms with Crippen LogP contribution in [0.3, 0.4) is 0 Å². The Labute approximate surface area is 122 Å². The lowest BCUT2D eigenvalue weighted by atomic mass is 10.1. The molecule has 0 aliphatic carbocycles. The molecule has 1 amide bonds. The number of halogens is 1. The molecule has 0 aromatic heterocycles. The highest BCUT2D eigenvalue weighted by Gasteiger charge is 2.47. The van der Waals surface area contributed by atoms with Gasteiger partial charge in [-0.25, -0.2) is 4.79 Å². The van der Waals surface area contributed by atoms with E-state index in [1.54, 1.807) is 6.92 Å². The van der Waals surface area contributed by atoms with Gasteiger partial charge in [0.1, 0.15) is 5.88 Å². The van der Waals surface area contributed by atoms with Gasteiger partial charge in [0, 0.05) is 5.56 Å². The Morgan fingerprint density at radius 3 is 2.55 bits per heavy atom. The van der Waals surface area contributed by atoms with Crippen molar-refractivity contribution in [2.45, 2.75) is 25.3 Å². The summed E-state index contributed by atoms with van der Waals surface area (Å²) < 4.78 is 10.5. The number of carbonyl (C=O) groups is 2. The van der Waals surface area contributed by atoms with Gasteiger partial charge < -0.3 is 9.47 Å². The summed E-state index contributed by atoms with van der Waals surface area (Å²) in [4.78, 5) is 25.3. The van der Waals surface area contributed by atoms with Crippen LogP contribution in [0, 0.1) is 0 Å². The molecule has 0 radical (unpaired) electrons. The number of hydrogen-bond donors (Lipinski definition) is 0. The van der Waals surface area contributed by atoms with Crippen molar-refractivity contribution in [3.8, 4) is 0 Å². The van der Waals surface area contributed by atoms with E-state index in [4.69, 9.17) is 21.1 Å². The second-order valence-electron chi connectivity index (χ2n) is 4.51. The molecular weight excluding hydrogens is 282 g/mol. The van der Waals surface area contributed by atoms with E-state index < -0.39 is 24.3 Å². The van der Waals surface area contributed by atoms with Crippen LogP contribution in [0.25, 0.3) is 0 Å². The Morgan fingerprint density at radius 2 is 2.00 bits per heavy atom. The van der Waals surface area contributed by atoms with Gasteiger partial charge in [0.2, 0.25) is 5.91 Å². The van der Waals surface area contributed by atoms with Gasteiger partial charge >= 0.3 is 5.97 Å². The molecule has 5 nitrogen and oxygen atoms in total. The molecule has 1 fully saturated rings. The second kappa shape index (κ2) is 6.24. The summed E-state index contributed by atoms with van der Waals surface area (Å²) >= 11 is 5.65. The topological polar surface area (TPSA) is 55.8 Å². The Bertz CT molecular complexity index is 493. The second-order valence-corrected chi connectivity index (χ2v) is 4.77. The average molecular weight is 298 g/mol. The van der Waals surface area contributed by atoms with Crippen molar-refractivity contribution < 1.29 is 19.1 Å². The summed E-state index contributed by atoms with van der Waals surface area (Å²) in [5.41, 5.74) is 0.796. The van der Waals surface area contributed by atoms with Crippen molar-refractivity contribution in [3.05, 3.63) is 35.9 Å². The van der Waals surface area contributed by atoms with Crippen molar-refractivity contribution >= 4 is 23.5 Å². The lowest BCUT2D eigenvalue weighted by Crippen LogP contribution is -2.46. The molecular formula is C14H16ClNO4. The van der Waals surface area contributed by atoms with Crippen molar-refractivity contribution in [1.29, 1.82) is 0 Å². The number of alkyl halides is 1. The van der Waals surface area contributed by atoms with Gasteiger partial charge in [-0.3, -0.25) is 9.69 Å². The van der Waals surface area contributed by atoms with Gasteiger partial charge in [0.25, 0.3) is 0 Å². The summed E-state index contributed by atoms with van der Waals surface area (Å²) in [6.07, 6.45) is -1.08. The predicted molar refractivity (Wildman–Crippen MR) is 73.1 cm³/mol. The molecule has 20 heavy (non-hydrogen) atoms. The molecule has 0 spiro atoms. The minimum atomic E-state index is -0.781. The summed E-state index contributed by atoms with van der Waals surface area (Å²) in [6.45, 7) is 1.74. The zero-order valence-electron chi connectivity index (χ0n) is 11.3. The summed E-state index contributed by atoms with van der Waals surface area (Å²) in [7, 11) is 1.29. The van der Waals surface area contributed by atoms with E-state index in [0.29, 0.717) is 0 Å². The normalized spacial score (nSPS) is 25.6. The SMILES string of the molecule is COC(=O)[C@@H]1[C@@H](C)O[C@@H](c2ccccc2)N1C(=O)CCl. The third-order valence-corrected chi connectivity index (χ3v) is 3.50. The minimum Gasteiger partial charge on any atom is -0.467 e. The smallest absolute Gasteiger partial charge is 0.331 e. The third kappa shape index (κ3) is 2.64. The number of amides is 1. The van der Waals surface area contributed by atoms with Gasteiger partial charge in [0.15, 0.2) is 12.3 Å².